The van der Waals surface area contributed by atoms with Crippen LogP contribution in [0.15, 0.2) is 36.9 Å². The van der Waals surface area contributed by atoms with Crippen molar-refractivity contribution in [1.29, 1.82) is 0 Å². The van der Waals surface area contributed by atoms with Gasteiger partial charge in [0, 0.05) is 36.6 Å². The molecule has 0 amide bonds. The molecular weight excluding hydrogens is 260 g/mol. The third-order valence-electron chi connectivity index (χ3n) is 2.80. The molecule has 0 spiro atoms. The standard InChI is InChI=1S/C13H14N4O3/c1-10(7-16-5-4-14-9-16)15-12-3-2-11(8-18)6-13(12)17(19)20/h2-6,8-10,15H,7H2,1H3. The maximum atomic E-state index is 11.0. The molecule has 0 fully saturated rings. The zero-order valence-electron chi connectivity index (χ0n) is 10.9. The van der Waals surface area contributed by atoms with Gasteiger partial charge >= 0.3 is 0 Å². The lowest BCUT2D eigenvalue weighted by Gasteiger charge is -2.15. The predicted octanol–water partition coefficient (Wildman–Crippen LogP) is 2.10. The van der Waals surface area contributed by atoms with Crippen LogP contribution in [-0.4, -0.2) is 26.8 Å². The summed E-state index contributed by atoms with van der Waals surface area (Å²) >= 11 is 0. The van der Waals surface area contributed by atoms with Gasteiger partial charge in [-0.3, -0.25) is 14.9 Å². The molecule has 0 saturated heterocycles. The van der Waals surface area contributed by atoms with Crippen molar-refractivity contribution in [2.75, 3.05) is 5.32 Å². The first kappa shape index (κ1) is 13.7. The fourth-order valence-electron chi connectivity index (χ4n) is 1.92. The molecule has 2 rings (SSSR count). The van der Waals surface area contributed by atoms with Crippen molar-refractivity contribution in [3.8, 4) is 0 Å². The number of anilines is 1. The number of nitrogens with one attached hydrogen (secondary N) is 1. The van der Waals surface area contributed by atoms with Gasteiger partial charge in [0.05, 0.1) is 11.3 Å². The minimum Gasteiger partial charge on any atom is -0.375 e. The number of rotatable bonds is 6. The van der Waals surface area contributed by atoms with Crippen LogP contribution in [0, 0.1) is 10.1 Å². The van der Waals surface area contributed by atoms with Gasteiger partial charge in [-0.15, -0.1) is 0 Å². The molecule has 0 saturated carbocycles. The fraction of sp³-hybridized carbons (Fsp3) is 0.231. The van der Waals surface area contributed by atoms with Gasteiger partial charge in [-0.05, 0) is 19.1 Å². The fourth-order valence-corrected chi connectivity index (χ4v) is 1.92. The van der Waals surface area contributed by atoms with Crippen LogP contribution >= 0.6 is 0 Å². The van der Waals surface area contributed by atoms with Gasteiger partial charge in [0.15, 0.2) is 0 Å². The van der Waals surface area contributed by atoms with Crippen LogP contribution in [0.25, 0.3) is 0 Å². The molecule has 0 aliphatic heterocycles. The Morgan fingerprint density at radius 3 is 2.95 bits per heavy atom. The number of hydrogen-bond donors (Lipinski definition) is 1. The van der Waals surface area contributed by atoms with Gasteiger partial charge in [0.25, 0.3) is 5.69 Å². The molecule has 7 heteroatoms. The topological polar surface area (TPSA) is 90.1 Å². The van der Waals surface area contributed by atoms with E-state index in [1.54, 1.807) is 24.7 Å². The van der Waals surface area contributed by atoms with Gasteiger partial charge < -0.3 is 9.88 Å². The minimum atomic E-state index is -0.501. The van der Waals surface area contributed by atoms with Gasteiger partial charge in [-0.2, -0.15) is 0 Å². The van der Waals surface area contributed by atoms with E-state index in [-0.39, 0.29) is 17.3 Å². The molecule has 1 unspecified atom stereocenters. The van der Waals surface area contributed by atoms with Crippen LogP contribution in [0.2, 0.25) is 0 Å². The summed E-state index contributed by atoms with van der Waals surface area (Å²) in [5, 5.41) is 14.1. The molecule has 1 N–H and O–H groups in total. The molecule has 0 aliphatic rings. The molecule has 0 bridgehead atoms. The summed E-state index contributed by atoms with van der Waals surface area (Å²) in [4.78, 5) is 25.1. The summed E-state index contributed by atoms with van der Waals surface area (Å²) < 4.78 is 1.88. The Hall–Kier alpha value is -2.70. The number of nitrogens with zero attached hydrogens (tertiary/aromatic N) is 3. The van der Waals surface area contributed by atoms with E-state index < -0.39 is 4.92 Å². The Morgan fingerprint density at radius 1 is 1.55 bits per heavy atom. The first-order chi connectivity index (χ1) is 9.60. The van der Waals surface area contributed by atoms with Gasteiger partial charge in [-0.25, -0.2) is 4.98 Å². The van der Waals surface area contributed by atoms with Crippen molar-refractivity contribution >= 4 is 17.7 Å². The van der Waals surface area contributed by atoms with Crippen LogP contribution in [-0.2, 0) is 6.54 Å². The average molecular weight is 274 g/mol. The highest BCUT2D eigenvalue weighted by Crippen LogP contribution is 2.25. The van der Waals surface area contributed by atoms with E-state index in [0.29, 0.717) is 18.5 Å². The maximum absolute atomic E-state index is 11.0. The van der Waals surface area contributed by atoms with Crippen molar-refractivity contribution in [3.63, 3.8) is 0 Å². The van der Waals surface area contributed by atoms with Crippen LogP contribution in [0.3, 0.4) is 0 Å². The average Bonchev–Trinajstić information content (AvgIpc) is 2.91. The Labute approximate surface area is 115 Å². The number of aldehydes is 1. The second kappa shape index (κ2) is 5.96. The summed E-state index contributed by atoms with van der Waals surface area (Å²) in [5.74, 6) is 0. The van der Waals surface area contributed by atoms with Crippen molar-refractivity contribution in [2.45, 2.75) is 19.5 Å². The smallest absolute Gasteiger partial charge is 0.293 e. The van der Waals surface area contributed by atoms with Gasteiger partial charge in [0.2, 0.25) is 0 Å². The van der Waals surface area contributed by atoms with Gasteiger partial charge in [0.1, 0.15) is 12.0 Å². The van der Waals surface area contributed by atoms with E-state index in [1.165, 1.54) is 6.07 Å². The van der Waals surface area contributed by atoms with E-state index in [4.69, 9.17) is 0 Å². The molecule has 20 heavy (non-hydrogen) atoms. The lowest BCUT2D eigenvalue weighted by atomic mass is 10.1. The number of carbonyl (C=O) groups is 1. The summed E-state index contributed by atoms with van der Waals surface area (Å²) in [7, 11) is 0. The summed E-state index contributed by atoms with van der Waals surface area (Å²) in [5.41, 5.74) is 0.574. The van der Waals surface area contributed by atoms with Crippen molar-refractivity contribution < 1.29 is 9.72 Å². The Bertz CT molecular complexity index is 610. The highest BCUT2D eigenvalue weighted by Gasteiger charge is 2.16. The molecule has 7 nitrogen and oxygen atoms in total. The van der Waals surface area contributed by atoms with Crippen LogP contribution < -0.4 is 5.32 Å². The minimum absolute atomic E-state index is 0.0232. The van der Waals surface area contributed by atoms with Crippen molar-refractivity contribution in [3.05, 3.63) is 52.6 Å². The Morgan fingerprint density at radius 2 is 2.35 bits per heavy atom. The normalized spacial score (nSPS) is 11.8. The SMILES string of the molecule is CC(Cn1ccnc1)Nc1ccc(C=O)cc1[N+](=O)[O-]. The molecule has 1 heterocycles. The Balaban J connectivity index is 2.15. The van der Waals surface area contributed by atoms with E-state index in [2.05, 4.69) is 10.3 Å². The van der Waals surface area contributed by atoms with Crippen molar-refractivity contribution in [1.82, 2.24) is 9.55 Å². The lowest BCUT2D eigenvalue weighted by molar-refractivity contribution is -0.384. The molecule has 1 atom stereocenters. The van der Waals surface area contributed by atoms with E-state index in [0.717, 1.165) is 0 Å². The molecule has 2 aromatic rings. The first-order valence-electron chi connectivity index (χ1n) is 6.06. The third kappa shape index (κ3) is 3.19. The summed E-state index contributed by atoms with van der Waals surface area (Å²) in [6.45, 7) is 2.55. The number of imidazole rings is 1. The number of hydrogen-bond acceptors (Lipinski definition) is 5. The van der Waals surface area contributed by atoms with Crippen LogP contribution in [0.4, 0.5) is 11.4 Å². The molecule has 0 aliphatic carbocycles. The lowest BCUT2D eigenvalue weighted by Crippen LogP contribution is -2.21. The zero-order valence-corrected chi connectivity index (χ0v) is 10.9. The maximum Gasteiger partial charge on any atom is 0.293 e. The predicted molar refractivity (Wildman–Crippen MR) is 73.8 cm³/mol. The third-order valence-corrected chi connectivity index (χ3v) is 2.80. The second-order valence-corrected chi connectivity index (χ2v) is 4.46. The number of benzene rings is 1. The summed E-state index contributed by atoms with van der Waals surface area (Å²) in [6, 6.07) is 4.34. The second-order valence-electron chi connectivity index (χ2n) is 4.46. The first-order valence-corrected chi connectivity index (χ1v) is 6.06. The number of aromatic nitrogens is 2. The Kier molecular flexibility index (Phi) is 4.09. The van der Waals surface area contributed by atoms with E-state index in [1.807, 2.05) is 17.7 Å². The van der Waals surface area contributed by atoms with E-state index in [9.17, 15) is 14.9 Å². The largest absolute Gasteiger partial charge is 0.375 e. The van der Waals surface area contributed by atoms with Crippen LogP contribution in [0.5, 0.6) is 0 Å². The van der Waals surface area contributed by atoms with Crippen LogP contribution in [0.1, 0.15) is 17.3 Å². The molecule has 104 valence electrons. The number of nitro groups is 1. The van der Waals surface area contributed by atoms with E-state index >= 15 is 0 Å². The highest BCUT2D eigenvalue weighted by molar-refractivity contribution is 5.79. The quantitative estimate of drug-likeness (QED) is 0.495. The zero-order chi connectivity index (χ0) is 14.5. The number of carbonyl (C=O) groups excluding carboxylic acids is 1. The molecule has 1 aromatic heterocycles. The number of nitro benzene ring substituents is 1. The molecule has 1 aromatic carbocycles. The highest BCUT2D eigenvalue weighted by atomic mass is 16.6. The summed E-state index contributed by atoms with van der Waals surface area (Å²) in [6.07, 6.45) is 5.77. The van der Waals surface area contributed by atoms with Crippen molar-refractivity contribution in [2.24, 2.45) is 0 Å². The molecular formula is C13H14N4O3. The molecule has 0 radical (unpaired) electrons. The van der Waals surface area contributed by atoms with Gasteiger partial charge in [-0.1, -0.05) is 0 Å². The monoisotopic (exact) mass is 274 g/mol.